The number of hydrogen-bond donors (Lipinski definition) is 2. The van der Waals surface area contributed by atoms with Gasteiger partial charge in [0.1, 0.15) is 22.9 Å². The molecule has 0 bridgehead atoms. The predicted octanol–water partition coefficient (Wildman–Crippen LogP) is 4.31. The normalized spacial score (nSPS) is 19.9. The monoisotopic (exact) mass is 421 g/mol. The van der Waals surface area contributed by atoms with E-state index in [1.807, 2.05) is 0 Å². The molecule has 2 N–H and O–H groups in total. The van der Waals surface area contributed by atoms with Gasteiger partial charge >= 0.3 is 12.4 Å². The highest BCUT2D eigenvalue weighted by atomic mass is 35.5. The predicted molar refractivity (Wildman–Crippen MR) is 86.3 cm³/mol. The second-order valence-corrected chi connectivity index (χ2v) is 5.20. The first-order chi connectivity index (χ1) is 15.2. The van der Waals surface area contributed by atoms with Crippen LogP contribution >= 0.6 is 11.6 Å². The van der Waals surface area contributed by atoms with Crippen LogP contribution in [0.3, 0.4) is 0 Å². The molecule has 0 aliphatic heterocycles. The molecule has 2 unspecified atom stereocenters. The number of halogens is 7. The zero-order valence-electron chi connectivity index (χ0n) is 20.0. The summed E-state index contributed by atoms with van der Waals surface area (Å²) in [7, 11) is 0. The highest BCUT2D eigenvalue weighted by Gasteiger charge is 2.38. The SMILES string of the molecule is [2H]c1c(Cl)nc(-c2nc(NC(C)C(F)(F)F)nc(NC([2H])(C([2H])([2H])[2H])C(F)(F)F)n2)c([2H])c1[2H]. The van der Waals surface area contributed by atoms with Gasteiger partial charge in [0.25, 0.3) is 0 Å². The third-order valence-corrected chi connectivity index (χ3v) is 2.94. The molecule has 0 amide bonds. The van der Waals surface area contributed by atoms with Crippen molar-refractivity contribution in [1.29, 1.82) is 0 Å². The van der Waals surface area contributed by atoms with Crippen LogP contribution in [0.4, 0.5) is 38.2 Å². The van der Waals surface area contributed by atoms with Gasteiger partial charge in [0.2, 0.25) is 11.9 Å². The lowest BCUT2D eigenvalue weighted by molar-refractivity contribution is -0.139. The molecule has 13 heteroatoms. The van der Waals surface area contributed by atoms with Gasteiger partial charge in [-0.1, -0.05) is 17.6 Å². The molecule has 0 fully saturated rings. The molecule has 0 aliphatic carbocycles. The third-order valence-electron chi connectivity index (χ3n) is 2.76. The Morgan fingerprint density at radius 1 is 1.04 bits per heavy atom. The van der Waals surface area contributed by atoms with Gasteiger partial charge in [0.15, 0.2) is 5.82 Å². The summed E-state index contributed by atoms with van der Waals surface area (Å²) < 4.78 is 131. The molecule has 2 heterocycles. The maximum absolute atomic E-state index is 13.4. The quantitative estimate of drug-likeness (QED) is 0.553. The molecule has 2 rings (SSSR count). The number of nitrogens with one attached hydrogen (secondary N) is 2. The molecule has 2 aromatic rings. The van der Waals surface area contributed by atoms with Gasteiger partial charge in [-0.2, -0.15) is 41.3 Å². The molecule has 148 valence electrons. The molecule has 6 nitrogen and oxygen atoms in total. The summed E-state index contributed by atoms with van der Waals surface area (Å²) in [5, 5.41) is 2.33. The average molecular weight is 422 g/mol. The first-order valence-electron chi connectivity index (χ1n) is 10.3. The van der Waals surface area contributed by atoms with Crippen molar-refractivity contribution in [2.45, 2.75) is 38.2 Å². The lowest BCUT2D eigenvalue weighted by atomic mass is 10.3. The summed E-state index contributed by atoms with van der Waals surface area (Å²) in [6, 6.07) is -9.11. The smallest absolute Gasteiger partial charge is 0.343 e. The molecule has 0 radical (unpaired) electrons. The van der Waals surface area contributed by atoms with Crippen LogP contribution in [0, 0.1) is 0 Å². The van der Waals surface area contributed by atoms with Crippen molar-refractivity contribution in [3.8, 4) is 11.5 Å². The average Bonchev–Trinajstić information content (AvgIpc) is 2.66. The third kappa shape index (κ3) is 5.81. The Balaban J connectivity index is 2.74. The summed E-state index contributed by atoms with van der Waals surface area (Å²) >= 11 is 5.68. The second-order valence-electron chi connectivity index (χ2n) is 4.84. The van der Waals surface area contributed by atoms with Crippen molar-refractivity contribution < 1.29 is 35.9 Å². The maximum Gasteiger partial charge on any atom is 0.408 e. The lowest BCUT2D eigenvalue weighted by Crippen LogP contribution is -2.35. The lowest BCUT2D eigenvalue weighted by Gasteiger charge is -2.20. The minimum atomic E-state index is -5.73. The second kappa shape index (κ2) is 7.71. The fraction of sp³-hybridized carbons (Fsp3) is 0.429. The van der Waals surface area contributed by atoms with Crippen molar-refractivity contribution >= 4 is 23.5 Å². The number of pyridine rings is 1. The summed E-state index contributed by atoms with van der Waals surface area (Å²) in [4.78, 5) is 13.9. The van der Waals surface area contributed by atoms with Gasteiger partial charge in [-0.15, -0.1) is 0 Å². The molecule has 2 aromatic heterocycles. The number of hydrogen-bond acceptors (Lipinski definition) is 6. The molecular formula is C14H13ClF6N6. The van der Waals surface area contributed by atoms with E-state index in [0.717, 1.165) is 0 Å². The first kappa shape index (κ1) is 12.9. The molecule has 2 atom stereocenters. The van der Waals surface area contributed by atoms with Gasteiger partial charge in [0, 0.05) is 4.11 Å². The molecule has 0 aromatic carbocycles. The Kier molecular flexibility index (Phi) is 3.69. The standard InChI is InChI=1S/C14H13ClF6N6/c1-6(13(16,17)18)22-11-25-10(8-4-3-5-9(15)24-8)26-12(27-11)23-7(2)14(19,20)21/h3-7H,1-2H3,(H2,22,23,25,26,27)/i1D3,3D,4D,5D,6D. The maximum atomic E-state index is 13.4. The summed E-state index contributed by atoms with van der Waals surface area (Å²) in [5.74, 6) is -3.21. The van der Waals surface area contributed by atoms with Crippen molar-refractivity contribution in [2.75, 3.05) is 10.6 Å². The minimum absolute atomic E-state index is 0.616. The fourth-order valence-corrected chi connectivity index (χ4v) is 1.59. The van der Waals surface area contributed by atoms with Crippen LogP contribution in [0.15, 0.2) is 18.1 Å². The summed E-state index contributed by atoms with van der Waals surface area (Å²) in [5.41, 5.74) is -0.726. The van der Waals surface area contributed by atoms with Crippen LogP contribution in [-0.2, 0) is 0 Å². The largest absolute Gasteiger partial charge is 0.408 e. The van der Waals surface area contributed by atoms with Crippen LogP contribution in [-0.4, -0.2) is 44.3 Å². The first-order valence-corrected chi connectivity index (χ1v) is 7.14. The number of rotatable bonds is 5. The van der Waals surface area contributed by atoms with Crippen molar-refractivity contribution in [3.63, 3.8) is 0 Å². The topological polar surface area (TPSA) is 75.6 Å². The van der Waals surface area contributed by atoms with Crippen LogP contribution in [0.1, 0.15) is 23.4 Å². The molecule has 27 heavy (non-hydrogen) atoms. The Morgan fingerprint density at radius 3 is 2.22 bits per heavy atom. The Morgan fingerprint density at radius 2 is 1.67 bits per heavy atom. The fourth-order valence-electron chi connectivity index (χ4n) is 1.46. The van der Waals surface area contributed by atoms with Crippen molar-refractivity contribution in [2.24, 2.45) is 0 Å². The van der Waals surface area contributed by atoms with Gasteiger partial charge in [0.05, 0.1) is 5.48 Å². The number of alkyl halides is 6. The zero-order chi connectivity index (χ0) is 26.4. The Bertz CT molecular complexity index is 1070. The van der Waals surface area contributed by atoms with Gasteiger partial charge < -0.3 is 10.6 Å². The van der Waals surface area contributed by atoms with Crippen LogP contribution in [0.2, 0.25) is 5.15 Å². The molecular weight excluding hydrogens is 402 g/mol. The molecule has 0 spiro atoms. The molecule has 0 aliphatic rings. The number of nitrogens with zero attached hydrogens (tertiary/aromatic N) is 4. The van der Waals surface area contributed by atoms with E-state index in [-0.39, 0.29) is 0 Å². The van der Waals surface area contributed by atoms with E-state index in [0.29, 0.717) is 6.92 Å². The molecule has 0 saturated heterocycles. The van der Waals surface area contributed by atoms with E-state index in [1.54, 1.807) is 5.32 Å². The minimum Gasteiger partial charge on any atom is -0.343 e. The van der Waals surface area contributed by atoms with Crippen LogP contribution in [0.5, 0.6) is 0 Å². The Labute approximate surface area is 164 Å². The van der Waals surface area contributed by atoms with Crippen molar-refractivity contribution in [3.05, 3.63) is 23.3 Å². The van der Waals surface area contributed by atoms with Crippen molar-refractivity contribution in [1.82, 2.24) is 19.9 Å². The van der Waals surface area contributed by atoms with E-state index in [9.17, 15) is 26.3 Å². The van der Waals surface area contributed by atoms with Gasteiger partial charge in [-0.3, -0.25) is 0 Å². The summed E-state index contributed by atoms with van der Waals surface area (Å²) in [6.45, 7) is -3.43. The number of aromatic nitrogens is 4. The van der Waals surface area contributed by atoms with E-state index < -0.39 is 78.0 Å². The highest BCUT2D eigenvalue weighted by molar-refractivity contribution is 6.29. The highest BCUT2D eigenvalue weighted by Crippen LogP contribution is 2.26. The van der Waals surface area contributed by atoms with E-state index in [4.69, 9.17) is 21.2 Å². The van der Waals surface area contributed by atoms with Crippen LogP contribution in [0.25, 0.3) is 11.5 Å². The zero-order valence-corrected chi connectivity index (χ0v) is 13.8. The van der Waals surface area contributed by atoms with Gasteiger partial charge in [-0.25, -0.2) is 4.98 Å². The van der Waals surface area contributed by atoms with E-state index >= 15 is 0 Å². The van der Waals surface area contributed by atoms with Crippen LogP contribution < -0.4 is 10.6 Å². The Hall–Kier alpha value is -2.37. The van der Waals surface area contributed by atoms with E-state index in [1.165, 1.54) is 5.32 Å². The van der Waals surface area contributed by atoms with E-state index in [2.05, 4.69) is 19.9 Å². The molecule has 0 saturated carbocycles. The number of anilines is 2. The van der Waals surface area contributed by atoms with Gasteiger partial charge in [-0.05, 0) is 25.9 Å². The summed E-state index contributed by atoms with van der Waals surface area (Å²) in [6.07, 6.45) is -10.6.